The Morgan fingerprint density at radius 2 is 1.40 bits per heavy atom. The summed E-state index contributed by atoms with van der Waals surface area (Å²) in [6.07, 6.45) is 0. The van der Waals surface area contributed by atoms with E-state index in [1.165, 1.54) is 0 Å². The van der Waals surface area contributed by atoms with Gasteiger partial charge in [-0.3, -0.25) is 0 Å². The molecule has 30 heavy (non-hydrogen) atoms. The number of ether oxygens (including phenoxy) is 2. The monoisotopic (exact) mass is 407 g/mol. The van der Waals surface area contributed by atoms with Crippen LogP contribution in [0.2, 0.25) is 0 Å². The van der Waals surface area contributed by atoms with Gasteiger partial charge in [-0.15, -0.1) is 10.2 Å². The molecule has 0 unspecified atom stereocenters. The van der Waals surface area contributed by atoms with Crippen LogP contribution in [-0.4, -0.2) is 41.5 Å². The number of amides is 2. The standard InChI is InChI=1S/C22H25N5O3/c1-14(2)24-22(28)23-13-19-25-20(15-5-9-17(29-3)10-6-15)21(27-26-19)16-7-11-18(30-4)12-8-16/h5-12,14H,13H2,1-4H3,(H2,23,24,28). The third-order valence-electron chi connectivity index (χ3n) is 4.28. The Bertz CT molecular complexity index is 989. The molecular formula is C22H25N5O3. The molecule has 3 aromatic rings. The SMILES string of the molecule is COc1ccc(-c2nnc(CNC(=O)NC(C)C)nc2-c2ccc(OC)cc2)cc1. The van der Waals surface area contributed by atoms with Crippen molar-refractivity contribution in [1.82, 2.24) is 25.8 Å². The topological polar surface area (TPSA) is 98.3 Å². The number of nitrogens with zero attached hydrogens (tertiary/aromatic N) is 3. The van der Waals surface area contributed by atoms with E-state index < -0.39 is 0 Å². The van der Waals surface area contributed by atoms with E-state index in [2.05, 4.69) is 25.8 Å². The maximum atomic E-state index is 11.9. The van der Waals surface area contributed by atoms with Gasteiger partial charge in [0, 0.05) is 17.2 Å². The largest absolute Gasteiger partial charge is 0.497 e. The minimum Gasteiger partial charge on any atom is -0.497 e. The predicted octanol–water partition coefficient (Wildman–Crippen LogP) is 3.43. The molecule has 0 saturated heterocycles. The molecule has 1 heterocycles. The van der Waals surface area contributed by atoms with Crippen LogP contribution in [-0.2, 0) is 6.54 Å². The Labute approximate surface area is 175 Å². The number of methoxy groups -OCH3 is 2. The number of aromatic nitrogens is 3. The molecule has 2 N–H and O–H groups in total. The zero-order valence-electron chi connectivity index (χ0n) is 17.5. The summed E-state index contributed by atoms with van der Waals surface area (Å²) in [7, 11) is 3.24. The number of rotatable bonds is 7. The number of nitrogens with one attached hydrogen (secondary N) is 2. The third kappa shape index (κ3) is 5.22. The van der Waals surface area contributed by atoms with Crippen LogP contribution < -0.4 is 20.1 Å². The summed E-state index contributed by atoms with van der Waals surface area (Å²) in [5, 5.41) is 14.1. The van der Waals surface area contributed by atoms with Crippen LogP contribution in [0.4, 0.5) is 4.79 Å². The first kappa shape index (κ1) is 21.0. The second-order valence-corrected chi connectivity index (χ2v) is 6.86. The highest BCUT2D eigenvalue weighted by Gasteiger charge is 2.15. The van der Waals surface area contributed by atoms with Gasteiger partial charge < -0.3 is 20.1 Å². The molecule has 8 nitrogen and oxygen atoms in total. The normalized spacial score (nSPS) is 10.6. The average Bonchev–Trinajstić information content (AvgIpc) is 2.77. The Hall–Kier alpha value is -3.68. The third-order valence-corrected chi connectivity index (χ3v) is 4.28. The van der Waals surface area contributed by atoms with Crippen LogP contribution in [0.15, 0.2) is 48.5 Å². The van der Waals surface area contributed by atoms with Crippen molar-refractivity contribution < 1.29 is 14.3 Å². The summed E-state index contributed by atoms with van der Waals surface area (Å²) in [6, 6.07) is 14.9. The van der Waals surface area contributed by atoms with E-state index in [-0.39, 0.29) is 18.6 Å². The van der Waals surface area contributed by atoms with Crippen molar-refractivity contribution in [1.29, 1.82) is 0 Å². The molecule has 2 aromatic carbocycles. The summed E-state index contributed by atoms with van der Waals surface area (Å²) in [5.41, 5.74) is 3.03. The molecular weight excluding hydrogens is 382 g/mol. The molecule has 0 spiro atoms. The summed E-state index contributed by atoms with van der Waals surface area (Å²) >= 11 is 0. The zero-order valence-corrected chi connectivity index (χ0v) is 17.5. The quantitative estimate of drug-likeness (QED) is 0.623. The van der Waals surface area contributed by atoms with Crippen molar-refractivity contribution in [3.63, 3.8) is 0 Å². The summed E-state index contributed by atoms with van der Waals surface area (Å²) in [4.78, 5) is 16.6. The van der Waals surface area contributed by atoms with Crippen LogP contribution >= 0.6 is 0 Å². The van der Waals surface area contributed by atoms with E-state index >= 15 is 0 Å². The maximum Gasteiger partial charge on any atom is 0.315 e. The molecule has 0 saturated carbocycles. The molecule has 2 amide bonds. The summed E-state index contributed by atoms with van der Waals surface area (Å²) in [6.45, 7) is 3.95. The molecule has 0 aliphatic carbocycles. The van der Waals surface area contributed by atoms with E-state index in [1.54, 1.807) is 14.2 Å². The zero-order chi connectivity index (χ0) is 21.5. The van der Waals surface area contributed by atoms with Crippen molar-refractivity contribution in [3.05, 3.63) is 54.4 Å². The first-order chi connectivity index (χ1) is 14.5. The van der Waals surface area contributed by atoms with Gasteiger partial charge in [0.25, 0.3) is 0 Å². The number of hydrogen-bond donors (Lipinski definition) is 2. The second-order valence-electron chi connectivity index (χ2n) is 6.86. The van der Waals surface area contributed by atoms with Crippen LogP contribution in [0.1, 0.15) is 19.7 Å². The van der Waals surface area contributed by atoms with E-state index in [1.807, 2.05) is 62.4 Å². The number of carbonyl (C=O) groups excluding carboxylic acids is 1. The Balaban J connectivity index is 1.95. The van der Waals surface area contributed by atoms with Gasteiger partial charge in [0.05, 0.1) is 20.8 Å². The highest BCUT2D eigenvalue weighted by atomic mass is 16.5. The highest BCUT2D eigenvalue weighted by molar-refractivity contribution is 5.78. The van der Waals surface area contributed by atoms with Gasteiger partial charge in [-0.1, -0.05) is 0 Å². The molecule has 156 valence electrons. The molecule has 0 fully saturated rings. The van der Waals surface area contributed by atoms with E-state index in [0.717, 1.165) is 22.6 Å². The number of carbonyl (C=O) groups is 1. The van der Waals surface area contributed by atoms with Gasteiger partial charge in [-0.2, -0.15) is 0 Å². The average molecular weight is 407 g/mol. The number of benzene rings is 2. The van der Waals surface area contributed by atoms with Crippen molar-refractivity contribution >= 4 is 6.03 Å². The molecule has 8 heteroatoms. The number of urea groups is 1. The van der Waals surface area contributed by atoms with Crippen LogP contribution in [0.3, 0.4) is 0 Å². The van der Waals surface area contributed by atoms with E-state index in [4.69, 9.17) is 9.47 Å². The van der Waals surface area contributed by atoms with Crippen LogP contribution in [0.25, 0.3) is 22.5 Å². The summed E-state index contributed by atoms with van der Waals surface area (Å²) in [5.74, 6) is 1.92. The summed E-state index contributed by atoms with van der Waals surface area (Å²) < 4.78 is 10.5. The fourth-order valence-electron chi connectivity index (χ4n) is 2.80. The minimum atomic E-state index is -0.279. The van der Waals surface area contributed by atoms with Crippen molar-refractivity contribution in [2.24, 2.45) is 0 Å². The lowest BCUT2D eigenvalue weighted by Gasteiger charge is -2.12. The van der Waals surface area contributed by atoms with E-state index in [0.29, 0.717) is 17.2 Å². The predicted molar refractivity (Wildman–Crippen MR) is 114 cm³/mol. The molecule has 0 atom stereocenters. The molecule has 1 aromatic heterocycles. The van der Waals surface area contributed by atoms with Crippen molar-refractivity contribution in [2.75, 3.05) is 14.2 Å². The lowest BCUT2D eigenvalue weighted by molar-refractivity contribution is 0.238. The number of hydrogen-bond acceptors (Lipinski definition) is 6. The fraction of sp³-hybridized carbons (Fsp3) is 0.273. The molecule has 3 rings (SSSR count). The minimum absolute atomic E-state index is 0.0383. The Morgan fingerprint density at radius 1 is 0.867 bits per heavy atom. The Kier molecular flexibility index (Phi) is 6.79. The fourth-order valence-corrected chi connectivity index (χ4v) is 2.80. The van der Waals surface area contributed by atoms with Gasteiger partial charge in [-0.05, 0) is 62.4 Å². The molecule has 0 radical (unpaired) electrons. The highest BCUT2D eigenvalue weighted by Crippen LogP contribution is 2.30. The Morgan fingerprint density at radius 3 is 1.90 bits per heavy atom. The van der Waals surface area contributed by atoms with Gasteiger partial charge >= 0.3 is 6.03 Å². The van der Waals surface area contributed by atoms with Gasteiger partial charge in [0.15, 0.2) is 5.82 Å². The molecule has 0 aliphatic rings. The lowest BCUT2D eigenvalue weighted by atomic mass is 10.0. The molecule has 0 aliphatic heterocycles. The first-order valence-electron chi connectivity index (χ1n) is 9.57. The molecule has 0 bridgehead atoms. The van der Waals surface area contributed by atoms with E-state index in [9.17, 15) is 4.79 Å². The van der Waals surface area contributed by atoms with Gasteiger partial charge in [-0.25, -0.2) is 9.78 Å². The van der Waals surface area contributed by atoms with Crippen LogP contribution in [0.5, 0.6) is 11.5 Å². The first-order valence-corrected chi connectivity index (χ1v) is 9.57. The second kappa shape index (κ2) is 9.69. The smallest absolute Gasteiger partial charge is 0.315 e. The van der Waals surface area contributed by atoms with Crippen LogP contribution in [0, 0.1) is 0 Å². The van der Waals surface area contributed by atoms with Crippen molar-refractivity contribution in [2.45, 2.75) is 26.4 Å². The van der Waals surface area contributed by atoms with Crippen molar-refractivity contribution in [3.8, 4) is 34.0 Å². The lowest BCUT2D eigenvalue weighted by Crippen LogP contribution is -2.39. The van der Waals surface area contributed by atoms with Gasteiger partial charge in [0.1, 0.15) is 22.9 Å². The maximum absolute atomic E-state index is 11.9. The van der Waals surface area contributed by atoms with Gasteiger partial charge in [0.2, 0.25) is 0 Å².